The molecule has 2 aromatic rings. The maximum Gasteiger partial charge on any atom is 0.513 e. The molecule has 0 aromatic heterocycles. The van der Waals surface area contributed by atoms with Gasteiger partial charge < -0.3 is 29.6 Å². The third-order valence-electron chi connectivity index (χ3n) is 3.97. The molecule has 0 atom stereocenters. The standard InChI is InChI=1S/C22H26N2O7/c1-3-29-22(27)31-17-11-9-16(10-12-17)21(26)24-14-6-13-23-20(25)15-30-19-8-5-4-7-18(19)28-2/h4-5,7-12H,3,6,13-15H2,1-2H3,(H,23,25)(H,24,26). The van der Waals surface area contributed by atoms with E-state index in [2.05, 4.69) is 15.4 Å². The second kappa shape index (κ2) is 12.7. The zero-order valence-corrected chi connectivity index (χ0v) is 17.5. The van der Waals surface area contributed by atoms with Crippen molar-refractivity contribution in [1.29, 1.82) is 0 Å². The third-order valence-corrected chi connectivity index (χ3v) is 3.97. The molecule has 0 aliphatic heterocycles. The lowest BCUT2D eigenvalue weighted by Gasteiger charge is -2.10. The molecule has 0 bridgehead atoms. The predicted molar refractivity (Wildman–Crippen MR) is 113 cm³/mol. The van der Waals surface area contributed by atoms with Crippen LogP contribution in [0.3, 0.4) is 0 Å². The van der Waals surface area contributed by atoms with Gasteiger partial charge in [0, 0.05) is 18.7 Å². The Morgan fingerprint density at radius 2 is 1.58 bits per heavy atom. The zero-order chi connectivity index (χ0) is 22.5. The summed E-state index contributed by atoms with van der Waals surface area (Å²) in [7, 11) is 1.53. The second-order valence-electron chi connectivity index (χ2n) is 6.21. The van der Waals surface area contributed by atoms with E-state index in [-0.39, 0.29) is 30.8 Å². The number of hydrogen-bond donors (Lipinski definition) is 2. The number of carbonyl (C=O) groups is 3. The molecule has 0 spiro atoms. The van der Waals surface area contributed by atoms with Crippen LogP contribution < -0.4 is 24.8 Å². The number of amides is 2. The number of para-hydroxylation sites is 2. The van der Waals surface area contributed by atoms with Crippen molar-refractivity contribution in [2.45, 2.75) is 13.3 Å². The van der Waals surface area contributed by atoms with E-state index in [0.717, 1.165) is 0 Å². The number of carbonyl (C=O) groups excluding carboxylic acids is 3. The molecule has 0 aliphatic carbocycles. The number of nitrogens with one attached hydrogen (secondary N) is 2. The largest absolute Gasteiger partial charge is 0.513 e. The van der Waals surface area contributed by atoms with Crippen LogP contribution in [0.4, 0.5) is 4.79 Å². The van der Waals surface area contributed by atoms with E-state index in [9.17, 15) is 14.4 Å². The average Bonchev–Trinajstić information content (AvgIpc) is 2.78. The van der Waals surface area contributed by atoms with Crippen LogP contribution in [0.5, 0.6) is 17.2 Å². The summed E-state index contributed by atoms with van der Waals surface area (Å²) in [6.45, 7) is 2.53. The van der Waals surface area contributed by atoms with E-state index in [0.29, 0.717) is 36.6 Å². The molecule has 9 heteroatoms. The minimum Gasteiger partial charge on any atom is -0.493 e. The Morgan fingerprint density at radius 1 is 0.903 bits per heavy atom. The lowest BCUT2D eigenvalue weighted by molar-refractivity contribution is -0.123. The normalized spacial score (nSPS) is 10.0. The van der Waals surface area contributed by atoms with E-state index in [1.165, 1.54) is 19.2 Å². The van der Waals surface area contributed by atoms with Gasteiger partial charge in [0.1, 0.15) is 5.75 Å². The van der Waals surface area contributed by atoms with Crippen molar-refractivity contribution in [2.75, 3.05) is 33.4 Å². The molecule has 0 saturated heterocycles. The zero-order valence-electron chi connectivity index (χ0n) is 17.5. The molecule has 9 nitrogen and oxygen atoms in total. The highest BCUT2D eigenvalue weighted by atomic mass is 16.7. The lowest BCUT2D eigenvalue weighted by Crippen LogP contribution is -2.32. The van der Waals surface area contributed by atoms with E-state index >= 15 is 0 Å². The van der Waals surface area contributed by atoms with Crippen molar-refractivity contribution in [3.05, 3.63) is 54.1 Å². The van der Waals surface area contributed by atoms with Gasteiger partial charge in [-0.2, -0.15) is 0 Å². The molecule has 166 valence electrons. The van der Waals surface area contributed by atoms with E-state index in [4.69, 9.17) is 14.2 Å². The number of hydrogen-bond acceptors (Lipinski definition) is 7. The molecule has 2 aromatic carbocycles. The highest BCUT2D eigenvalue weighted by Crippen LogP contribution is 2.25. The fraction of sp³-hybridized carbons (Fsp3) is 0.318. The molecule has 0 heterocycles. The van der Waals surface area contributed by atoms with Gasteiger partial charge in [-0.05, 0) is 49.7 Å². The van der Waals surface area contributed by atoms with Gasteiger partial charge in [-0.25, -0.2) is 4.79 Å². The first-order valence-electron chi connectivity index (χ1n) is 9.79. The third kappa shape index (κ3) is 8.25. The van der Waals surface area contributed by atoms with Gasteiger partial charge >= 0.3 is 6.16 Å². The summed E-state index contributed by atoms with van der Waals surface area (Å²) in [5.41, 5.74) is 0.422. The topological polar surface area (TPSA) is 112 Å². The van der Waals surface area contributed by atoms with Crippen molar-refractivity contribution in [3.63, 3.8) is 0 Å². The SMILES string of the molecule is CCOC(=O)Oc1ccc(C(=O)NCCCNC(=O)COc2ccccc2OC)cc1. The molecule has 2 N–H and O–H groups in total. The Bertz CT molecular complexity index is 868. The quantitative estimate of drug-likeness (QED) is 0.320. The Balaban J connectivity index is 1.63. The molecule has 0 unspecified atom stereocenters. The summed E-state index contributed by atoms with van der Waals surface area (Å²) < 4.78 is 20.2. The van der Waals surface area contributed by atoms with Gasteiger partial charge in [-0.15, -0.1) is 0 Å². The smallest absolute Gasteiger partial charge is 0.493 e. The lowest BCUT2D eigenvalue weighted by atomic mass is 10.2. The molecule has 0 aliphatic rings. The maximum atomic E-state index is 12.1. The van der Waals surface area contributed by atoms with Crippen LogP contribution in [0.25, 0.3) is 0 Å². The first-order chi connectivity index (χ1) is 15.0. The number of rotatable bonds is 11. The van der Waals surface area contributed by atoms with Crippen LogP contribution in [0.1, 0.15) is 23.7 Å². The summed E-state index contributed by atoms with van der Waals surface area (Å²) in [5, 5.41) is 5.48. The van der Waals surface area contributed by atoms with Gasteiger partial charge in [0.05, 0.1) is 13.7 Å². The fourth-order valence-corrected chi connectivity index (χ4v) is 2.47. The minimum atomic E-state index is -0.796. The van der Waals surface area contributed by atoms with Crippen molar-refractivity contribution >= 4 is 18.0 Å². The highest BCUT2D eigenvalue weighted by Gasteiger charge is 2.09. The Labute approximate surface area is 180 Å². The molecule has 0 saturated carbocycles. The van der Waals surface area contributed by atoms with E-state index in [1.807, 2.05) is 6.07 Å². The second-order valence-corrected chi connectivity index (χ2v) is 6.21. The first kappa shape index (κ1) is 23.5. The molecule has 0 fully saturated rings. The number of benzene rings is 2. The summed E-state index contributed by atoms with van der Waals surface area (Å²) in [6, 6.07) is 13.2. The average molecular weight is 430 g/mol. The van der Waals surface area contributed by atoms with Gasteiger partial charge in [0.2, 0.25) is 0 Å². The van der Waals surface area contributed by atoms with Gasteiger partial charge in [-0.3, -0.25) is 9.59 Å². The molecule has 0 radical (unpaired) electrons. The summed E-state index contributed by atoms with van der Waals surface area (Å²) in [4.78, 5) is 35.3. The minimum absolute atomic E-state index is 0.132. The molecular formula is C22H26N2O7. The molecule has 31 heavy (non-hydrogen) atoms. The van der Waals surface area contributed by atoms with Crippen LogP contribution >= 0.6 is 0 Å². The molecular weight excluding hydrogens is 404 g/mol. The van der Waals surface area contributed by atoms with E-state index in [1.54, 1.807) is 37.3 Å². The first-order valence-corrected chi connectivity index (χ1v) is 9.79. The monoisotopic (exact) mass is 430 g/mol. The Morgan fingerprint density at radius 3 is 2.26 bits per heavy atom. The van der Waals surface area contributed by atoms with Crippen molar-refractivity contribution in [2.24, 2.45) is 0 Å². The van der Waals surface area contributed by atoms with Crippen molar-refractivity contribution in [3.8, 4) is 17.2 Å². The van der Waals surface area contributed by atoms with Crippen LogP contribution in [-0.2, 0) is 9.53 Å². The van der Waals surface area contributed by atoms with Crippen LogP contribution in [-0.4, -0.2) is 51.4 Å². The van der Waals surface area contributed by atoms with E-state index < -0.39 is 6.16 Å². The summed E-state index contributed by atoms with van der Waals surface area (Å²) in [5.74, 6) is 0.792. The fourth-order valence-electron chi connectivity index (χ4n) is 2.47. The Kier molecular flexibility index (Phi) is 9.67. The van der Waals surface area contributed by atoms with Gasteiger partial charge in [-0.1, -0.05) is 12.1 Å². The van der Waals surface area contributed by atoms with Crippen LogP contribution in [0, 0.1) is 0 Å². The Hall–Kier alpha value is -3.75. The summed E-state index contributed by atoms with van der Waals surface area (Å²) in [6.07, 6.45) is -0.244. The predicted octanol–water partition coefficient (Wildman–Crippen LogP) is 2.55. The van der Waals surface area contributed by atoms with Gasteiger partial charge in [0.25, 0.3) is 11.8 Å². The highest BCUT2D eigenvalue weighted by molar-refractivity contribution is 5.94. The van der Waals surface area contributed by atoms with Gasteiger partial charge in [0.15, 0.2) is 18.1 Å². The maximum absolute atomic E-state index is 12.1. The van der Waals surface area contributed by atoms with Crippen LogP contribution in [0.2, 0.25) is 0 Å². The molecule has 2 rings (SSSR count). The van der Waals surface area contributed by atoms with Crippen LogP contribution in [0.15, 0.2) is 48.5 Å². The summed E-state index contributed by atoms with van der Waals surface area (Å²) >= 11 is 0. The van der Waals surface area contributed by atoms with Crippen molar-refractivity contribution in [1.82, 2.24) is 10.6 Å². The molecule has 2 amide bonds. The number of methoxy groups -OCH3 is 1. The number of ether oxygens (including phenoxy) is 4. The van der Waals surface area contributed by atoms with Crippen molar-refractivity contribution < 1.29 is 33.3 Å².